The Kier molecular flexibility index (Phi) is 7.36. The molecule has 138 valence electrons. The molecular formula is C21H27N3O2. The van der Waals surface area contributed by atoms with E-state index < -0.39 is 0 Å². The highest BCUT2D eigenvalue weighted by Crippen LogP contribution is 2.13. The molecule has 26 heavy (non-hydrogen) atoms. The molecule has 1 unspecified atom stereocenters. The highest BCUT2D eigenvalue weighted by Gasteiger charge is 2.12. The lowest BCUT2D eigenvalue weighted by Crippen LogP contribution is -2.28. The predicted molar refractivity (Wildman–Crippen MR) is 104 cm³/mol. The van der Waals surface area contributed by atoms with Gasteiger partial charge in [0.2, 0.25) is 0 Å². The third kappa shape index (κ3) is 6.01. The molecule has 2 aromatic carbocycles. The van der Waals surface area contributed by atoms with Gasteiger partial charge < -0.3 is 15.5 Å². The van der Waals surface area contributed by atoms with Crippen LogP contribution < -0.4 is 10.6 Å². The van der Waals surface area contributed by atoms with Gasteiger partial charge in [-0.25, -0.2) is 0 Å². The van der Waals surface area contributed by atoms with Crippen molar-refractivity contribution in [2.45, 2.75) is 19.4 Å². The van der Waals surface area contributed by atoms with E-state index in [1.54, 1.807) is 24.3 Å². The number of nitrogens with zero attached hydrogens (tertiary/aromatic N) is 1. The van der Waals surface area contributed by atoms with Gasteiger partial charge in [0.15, 0.2) is 0 Å². The summed E-state index contributed by atoms with van der Waals surface area (Å²) < 4.78 is 0. The Hall–Kier alpha value is -2.66. The van der Waals surface area contributed by atoms with Crippen LogP contribution in [0, 0.1) is 0 Å². The van der Waals surface area contributed by atoms with Crippen LogP contribution in [0.25, 0.3) is 0 Å². The van der Waals surface area contributed by atoms with Crippen LogP contribution in [0.3, 0.4) is 0 Å². The molecule has 0 heterocycles. The molecule has 0 saturated heterocycles. The fraction of sp³-hybridized carbons (Fsp3) is 0.333. The van der Waals surface area contributed by atoms with Crippen molar-refractivity contribution >= 4 is 11.8 Å². The minimum absolute atomic E-state index is 0.0802. The van der Waals surface area contributed by atoms with E-state index in [1.165, 1.54) is 0 Å². The van der Waals surface area contributed by atoms with Crippen LogP contribution in [0.1, 0.15) is 45.7 Å². The summed E-state index contributed by atoms with van der Waals surface area (Å²) in [4.78, 5) is 26.6. The van der Waals surface area contributed by atoms with Gasteiger partial charge in [-0.05, 0) is 63.8 Å². The minimum atomic E-state index is -0.153. The molecule has 1 atom stereocenters. The third-order valence-corrected chi connectivity index (χ3v) is 4.12. The zero-order valence-electron chi connectivity index (χ0n) is 15.7. The van der Waals surface area contributed by atoms with Gasteiger partial charge >= 0.3 is 0 Å². The maximum atomic E-state index is 12.4. The first-order valence-electron chi connectivity index (χ1n) is 8.86. The van der Waals surface area contributed by atoms with E-state index in [9.17, 15) is 9.59 Å². The van der Waals surface area contributed by atoms with Crippen molar-refractivity contribution < 1.29 is 9.59 Å². The SMILES string of the molecule is CC(NC(=O)c1ccc(C(=O)NCCCN(C)C)cc1)c1ccccc1. The second-order valence-corrected chi connectivity index (χ2v) is 6.60. The first kappa shape index (κ1) is 19.7. The molecule has 2 rings (SSSR count). The van der Waals surface area contributed by atoms with Crippen molar-refractivity contribution in [1.29, 1.82) is 0 Å². The number of rotatable bonds is 8. The second kappa shape index (κ2) is 9.73. The van der Waals surface area contributed by atoms with Gasteiger partial charge in [-0.2, -0.15) is 0 Å². The van der Waals surface area contributed by atoms with Crippen LogP contribution in [0.5, 0.6) is 0 Å². The molecule has 0 aliphatic carbocycles. The number of nitrogens with one attached hydrogen (secondary N) is 2. The third-order valence-electron chi connectivity index (χ3n) is 4.12. The van der Waals surface area contributed by atoms with Crippen molar-refractivity contribution in [1.82, 2.24) is 15.5 Å². The van der Waals surface area contributed by atoms with Gasteiger partial charge in [0.05, 0.1) is 6.04 Å². The predicted octanol–water partition coefficient (Wildman–Crippen LogP) is 2.86. The minimum Gasteiger partial charge on any atom is -0.352 e. The van der Waals surface area contributed by atoms with Gasteiger partial charge in [0.1, 0.15) is 0 Å². The standard InChI is InChI=1S/C21H27N3O2/c1-16(17-8-5-4-6-9-17)23-21(26)19-12-10-18(11-13-19)20(25)22-14-7-15-24(2)3/h4-6,8-13,16H,7,14-15H2,1-3H3,(H,22,25)(H,23,26). The van der Waals surface area contributed by atoms with Crippen molar-refractivity contribution in [2.75, 3.05) is 27.2 Å². The molecule has 0 radical (unpaired) electrons. The molecule has 2 N–H and O–H groups in total. The average molecular weight is 353 g/mol. The molecule has 0 aliphatic heterocycles. The molecule has 5 heteroatoms. The van der Waals surface area contributed by atoms with E-state index in [1.807, 2.05) is 51.4 Å². The summed E-state index contributed by atoms with van der Waals surface area (Å²) in [5.74, 6) is -0.271. The molecule has 0 saturated carbocycles. The summed E-state index contributed by atoms with van der Waals surface area (Å²) in [7, 11) is 4.01. The summed E-state index contributed by atoms with van der Waals surface area (Å²) in [5, 5.41) is 5.86. The zero-order chi connectivity index (χ0) is 18.9. The smallest absolute Gasteiger partial charge is 0.251 e. The quantitative estimate of drug-likeness (QED) is 0.718. The summed E-state index contributed by atoms with van der Waals surface area (Å²) in [6, 6.07) is 16.5. The monoisotopic (exact) mass is 353 g/mol. The largest absolute Gasteiger partial charge is 0.352 e. The van der Waals surface area contributed by atoms with Gasteiger partial charge in [0.25, 0.3) is 11.8 Å². The van der Waals surface area contributed by atoms with Gasteiger partial charge in [-0.3, -0.25) is 9.59 Å². The number of hydrogen-bond donors (Lipinski definition) is 2. The van der Waals surface area contributed by atoms with Crippen LogP contribution in [0.2, 0.25) is 0 Å². The first-order valence-corrected chi connectivity index (χ1v) is 8.86. The maximum absolute atomic E-state index is 12.4. The Morgan fingerprint density at radius 2 is 1.50 bits per heavy atom. The van der Waals surface area contributed by atoms with Crippen molar-refractivity contribution in [2.24, 2.45) is 0 Å². The number of amides is 2. The molecule has 2 aromatic rings. The van der Waals surface area contributed by atoms with Crippen LogP contribution in [0.15, 0.2) is 54.6 Å². The summed E-state index contributed by atoms with van der Waals surface area (Å²) in [5.41, 5.74) is 2.15. The normalized spacial score (nSPS) is 11.8. The maximum Gasteiger partial charge on any atom is 0.251 e. The highest BCUT2D eigenvalue weighted by molar-refractivity contribution is 5.97. The number of hydrogen-bond acceptors (Lipinski definition) is 3. The Bertz CT molecular complexity index is 712. The fourth-order valence-corrected chi connectivity index (χ4v) is 2.58. The topological polar surface area (TPSA) is 61.4 Å². The Labute approximate surface area is 155 Å². The van der Waals surface area contributed by atoms with E-state index in [2.05, 4.69) is 15.5 Å². The van der Waals surface area contributed by atoms with Crippen LogP contribution >= 0.6 is 0 Å². The Morgan fingerprint density at radius 3 is 2.08 bits per heavy atom. The molecule has 0 aliphatic rings. The van der Waals surface area contributed by atoms with Gasteiger partial charge in [-0.1, -0.05) is 30.3 Å². The molecule has 0 bridgehead atoms. The Morgan fingerprint density at radius 1 is 0.923 bits per heavy atom. The molecule has 0 fully saturated rings. The molecule has 5 nitrogen and oxygen atoms in total. The lowest BCUT2D eigenvalue weighted by Gasteiger charge is -2.14. The fourth-order valence-electron chi connectivity index (χ4n) is 2.58. The van der Waals surface area contributed by atoms with E-state index in [-0.39, 0.29) is 17.9 Å². The zero-order valence-corrected chi connectivity index (χ0v) is 15.7. The molecular weight excluding hydrogens is 326 g/mol. The number of carbonyl (C=O) groups is 2. The molecule has 2 amide bonds. The van der Waals surface area contributed by atoms with Crippen LogP contribution in [-0.4, -0.2) is 43.9 Å². The summed E-state index contributed by atoms with van der Waals surface area (Å²) >= 11 is 0. The van der Waals surface area contributed by atoms with Gasteiger partial charge in [0, 0.05) is 17.7 Å². The summed E-state index contributed by atoms with van der Waals surface area (Å²) in [6.07, 6.45) is 0.899. The van der Waals surface area contributed by atoms with Crippen molar-refractivity contribution in [3.05, 3.63) is 71.3 Å². The van der Waals surface area contributed by atoms with E-state index >= 15 is 0 Å². The Balaban J connectivity index is 1.87. The van der Waals surface area contributed by atoms with E-state index in [0.29, 0.717) is 17.7 Å². The first-order chi connectivity index (χ1) is 12.5. The van der Waals surface area contributed by atoms with Crippen molar-refractivity contribution in [3.63, 3.8) is 0 Å². The lowest BCUT2D eigenvalue weighted by molar-refractivity contribution is 0.0932. The van der Waals surface area contributed by atoms with Crippen LogP contribution in [0.4, 0.5) is 0 Å². The van der Waals surface area contributed by atoms with Gasteiger partial charge in [-0.15, -0.1) is 0 Å². The van der Waals surface area contributed by atoms with Crippen LogP contribution in [-0.2, 0) is 0 Å². The number of benzene rings is 2. The summed E-state index contributed by atoms with van der Waals surface area (Å²) in [6.45, 7) is 3.51. The van der Waals surface area contributed by atoms with Crippen molar-refractivity contribution in [3.8, 4) is 0 Å². The second-order valence-electron chi connectivity index (χ2n) is 6.60. The molecule has 0 spiro atoms. The van der Waals surface area contributed by atoms with E-state index in [4.69, 9.17) is 0 Å². The lowest BCUT2D eigenvalue weighted by atomic mass is 10.1. The average Bonchev–Trinajstić information content (AvgIpc) is 2.65. The number of carbonyl (C=O) groups excluding carboxylic acids is 2. The molecule has 0 aromatic heterocycles. The highest BCUT2D eigenvalue weighted by atomic mass is 16.2. The van der Waals surface area contributed by atoms with E-state index in [0.717, 1.165) is 18.5 Å².